The molecule has 0 radical (unpaired) electrons. The summed E-state index contributed by atoms with van der Waals surface area (Å²) in [7, 11) is 2.76. The molecule has 0 aliphatic rings. The van der Waals surface area contributed by atoms with Crippen molar-refractivity contribution in [2.75, 3.05) is 34.0 Å². The van der Waals surface area contributed by atoms with E-state index in [0.29, 0.717) is 6.42 Å². The van der Waals surface area contributed by atoms with Crippen molar-refractivity contribution in [3.8, 4) is 17.2 Å². The van der Waals surface area contributed by atoms with Gasteiger partial charge in [-0.3, -0.25) is 4.79 Å². The summed E-state index contributed by atoms with van der Waals surface area (Å²) in [4.78, 5) is 34.8. The van der Waals surface area contributed by atoms with Crippen LogP contribution in [0.25, 0.3) is 0 Å². The second kappa shape index (κ2) is 11.0. The molecule has 10 nitrogen and oxygen atoms in total. The third-order valence-corrected chi connectivity index (χ3v) is 3.28. The average molecular weight is 412 g/mol. The lowest BCUT2D eigenvalue weighted by molar-refractivity contribution is -0.120. The van der Waals surface area contributed by atoms with Crippen molar-refractivity contribution in [2.24, 2.45) is 5.73 Å². The SMILES string of the molecule is COc1cc(C(=O)OCCCNC(=O)OC(C)(C)C)cc(OC)c1OCC(N)=O. The van der Waals surface area contributed by atoms with Gasteiger partial charge in [0.15, 0.2) is 18.1 Å². The van der Waals surface area contributed by atoms with Crippen molar-refractivity contribution in [3.05, 3.63) is 17.7 Å². The van der Waals surface area contributed by atoms with E-state index in [2.05, 4.69) is 5.32 Å². The molecule has 2 amide bonds. The van der Waals surface area contributed by atoms with Gasteiger partial charge in [-0.2, -0.15) is 0 Å². The molecular formula is C19H28N2O8. The second-order valence-electron chi connectivity index (χ2n) is 6.88. The predicted molar refractivity (Wildman–Crippen MR) is 103 cm³/mol. The maximum atomic E-state index is 12.3. The van der Waals surface area contributed by atoms with E-state index in [1.165, 1.54) is 26.4 Å². The van der Waals surface area contributed by atoms with E-state index in [9.17, 15) is 14.4 Å². The van der Waals surface area contributed by atoms with Crippen LogP contribution in [0.3, 0.4) is 0 Å². The fourth-order valence-electron chi connectivity index (χ4n) is 2.11. The molecule has 1 aromatic rings. The number of nitrogens with two attached hydrogens (primary N) is 1. The van der Waals surface area contributed by atoms with E-state index < -0.39 is 23.6 Å². The van der Waals surface area contributed by atoms with Gasteiger partial charge in [-0.15, -0.1) is 0 Å². The van der Waals surface area contributed by atoms with Crippen LogP contribution in [0.1, 0.15) is 37.6 Å². The number of esters is 1. The number of hydrogen-bond donors (Lipinski definition) is 2. The highest BCUT2D eigenvalue weighted by atomic mass is 16.6. The maximum absolute atomic E-state index is 12.3. The topological polar surface area (TPSA) is 135 Å². The summed E-state index contributed by atoms with van der Waals surface area (Å²) in [6, 6.07) is 2.81. The minimum atomic E-state index is -0.669. The molecule has 0 saturated carbocycles. The summed E-state index contributed by atoms with van der Waals surface area (Å²) in [6.45, 7) is 5.29. The number of nitrogens with one attached hydrogen (secondary N) is 1. The van der Waals surface area contributed by atoms with Gasteiger partial charge in [-0.25, -0.2) is 9.59 Å². The first-order valence-corrected chi connectivity index (χ1v) is 8.88. The number of amides is 2. The largest absolute Gasteiger partial charge is 0.493 e. The third kappa shape index (κ3) is 8.58. The Hall–Kier alpha value is -3.17. The van der Waals surface area contributed by atoms with Crippen molar-refractivity contribution in [2.45, 2.75) is 32.8 Å². The molecule has 29 heavy (non-hydrogen) atoms. The van der Waals surface area contributed by atoms with Crippen molar-refractivity contribution in [3.63, 3.8) is 0 Å². The molecule has 10 heteroatoms. The van der Waals surface area contributed by atoms with Crippen LogP contribution in [0.2, 0.25) is 0 Å². The second-order valence-corrected chi connectivity index (χ2v) is 6.88. The molecule has 0 fully saturated rings. The lowest BCUT2D eigenvalue weighted by Gasteiger charge is -2.19. The number of alkyl carbamates (subject to hydrolysis) is 1. The molecule has 0 aliphatic carbocycles. The Balaban J connectivity index is 2.63. The smallest absolute Gasteiger partial charge is 0.407 e. The van der Waals surface area contributed by atoms with Gasteiger partial charge in [0.05, 0.1) is 26.4 Å². The number of carbonyl (C=O) groups is 3. The first-order valence-electron chi connectivity index (χ1n) is 8.88. The van der Waals surface area contributed by atoms with Crippen LogP contribution in [0, 0.1) is 0 Å². The van der Waals surface area contributed by atoms with E-state index in [1.54, 1.807) is 20.8 Å². The van der Waals surface area contributed by atoms with Gasteiger partial charge in [-0.1, -0.05) is 0 Å². The van der Waals surface area contributed by atoms with Crippen molar-refractivity contribution >= 4 is 18.0 Å². The average Bonchev–Trinajstić information content (AvgIpc) is 2.63. The third-order valence-electron chi connectivity index (χ3n) is 3.28. The summed E-state index contributed by atoms with van der Waals surface area (Å²) in [5.41, 5.74) is 4.67. The quantitative estimate of drug-likeness (QED) is 0.437. The van der Waals surface area contributed by atoms with E-state index in [4.69, 9.17) is 29.4 Å². The number of benzene rings is 1. The van der Waals surface area contributed by atoms with E-state index in [-0.39, 0.29) is 42.6 Å². The number of carbonyl (C=O) groups excluding carboxylic acids is 3. The van der Waals surface area contributed by atoms with Crippen molar-refractivity contribution in [1.29, 1.82) is 0 Å². The Morgan fingerprint density at radius 1 is 1.07 bits per heavy atom. The number of hydrogen-bond acceptors (Lipinski definition) is 8. The molecule has 1 rings (SSSR count). The van der Waals surface area contributed by atoms with E-state index in [0.717, 1.165) is 0 Å². The molecule has 162 valence electrons. The zero-order valence-corrected chi connectivity index (χ0v) is 17.3. The van der Waals surface area contributed by atoms with Crippen molar-refractivity contribution < 1.29 is 38.1 Å². The number of primary amides is 1. The Labute approximate surface area is 169 Å². The molecule has 1 aromatic carbocycles. The van der Waals surface area contributed by atoms with Crippen molar-refractivity contribution in [1.82, 2.24) is 5.32 Å². The zero-order valence-electron chi connectivity index (χ0n) is 17.3. The van der Waals surface area contributed by atoms with Crippen LogP contribution in [-0.2, 0) is 14.3 Å². The molecule has 0 unspecified atom stereocenters. The van der Waals surface area contributed by atoms with Gasteiger partial charge in [-0.05, 0) is 39.3 Å². The predicted octanol–water partition coefficient (Wildman–Crippen LogP) is 1.64. The first kappa shape index (κ1) is 23.9. The molecule has 0 bridgehead atoms. The van der Waals surface area contributed by atoms with Gasteiger partial charge < -0.3 is 34.7 Å². The maximum Gasteiger partial charge on any atom is 0.407 e. The summed E-state index contributed by atoms with van der Waals surface area (Å²) < 4.78 is 26.0. The molecule has 0 aliphatic heterocycles. The van der Waals surface area contributed by atoms with Crippen LogP contribution < -0.4 is 25.3 Å². The lowest BCUT2D eigenvalue weighted by atomic mass is 10.2. The van der Waals surface area contributed by atoms with Crippen LogP contribution in [0.4, 0.5) is 4.79 Å². The van der Waals surface area contributed by atoms with Gasteiger partial charge in [0.1, 0.15) is 5.60 Å². The van der Waals surface area contributed by atoms with Gasteiger partial charge >= 0.3 is 12.1 Å². The lowest BCUT2D eigenvalue weighted by Crippen LogP contribution is -2.33. The van der Waals surface area contributed by atoms with E-state index >= 15 is 0 Å². The molecule has 0 saturated heterocycles. The Morgan fingerprint density at radius 2 is 1.66 bits per heavy atom. The molecule has 0 atom stereocenters. The highest BCUT2D eigenvalue weighted by Gasteiger charge is 2.19. The highest BCUT2D eigenvalue weighted by molar-refractivity contribution is 5.91. The standard InChI is InChI=1S/C19H28N2O8/c1-19(2,3)29-18(24)21-7-6-8-27-17(23)12-9-13(25-4)16(14(10-12)26-5)28-11-15(20)22/h9-10H,6-8,11H2,1-5H3,(H2,20,22)(H,21,24). The first-order chi connectivity index (χ1) is 13.6. The fourth-order valence-corrected chi connectivity index (χ4v) is 2.11. The monoisotopic (exact) mass is 412 g/mol. The Morgan fingerprint density at radius 3 is 2.14 bits per heavy atom. The minimum Gasteiger partial charge on any atom is -0.493 e. The van der Waals surface area contributed by atoms with Crippen LogP contribution in [0.15, 0.2) is 12.1 Å². The summed E-state index contributed by atoms with van der Waals surface area (Å²) in [6.07, 6.45) is -0.135. The molecular weight excluding hydrogens is 384 g/mol. The van der Waals surface area contributed by atoms with Gasteiger partial charge in [0, 0.05) is 6.54 Å². The zero-order chi connectivity index (χ0) is 22.0. The normalized spacial score (nSPS) is 10.7. The van der Waals surface area contributed by atoms with Gasteiger partial charge in [0.2, 0.25) is 5.75 Å². The highest BCUT2D eigenvalue weighted by Crippen LogP contribution is 2.38. The Bertz CT molecular complexity index is 702. The molecule has 3 N–H and O–H groups in total. The van der Waals surface area contributed by atoms with Crippen LogP contribution in [-0.4, -0.2) is 57.5 Å². The van der Waals surface area contributed by atoms with Crippen LogP contribution in [0.5, 0.6) is 17.2 Å². The number of rotatable bonds is 10. The summed E-state index contributed by atoms with van der Waals surface area (Å²) in [5.74, 6) is -0.766. The van der Waals surface area contributed by atoms with Gasteiger partial charge in [0.25, 0.3) is 5.91 Å². The molecule has 0 spiro atoms. The summed E-state index contributed by atoms with van der Waals surface area (Å²) >= 11 is 0. The molecule has 0 aromatic heterocycles. The van der Waals surface area contributed by atoms with E-state index in [1.807, 2.05) is 0 Å². The number of methoxy groups -OCH3 is 2. The van der Waals surface area contributed by atoms with Crippen LogP contribution >= 0.6 is 0 Å². The number of ether oxygens (including phenoxy) is 5. The minimum absolute atomic E-state index is 0.0825. The fraction of sp³-hybridized carbons (Fsp3) is 0.526. The Kier molecular flexibility index (Phi) is 9.04. The molecule has 0 heterocycles. The summed E-state index contributed by atoms with van der Waals surface area (Å²) in [5, 5.41) is 2.57.